The van der Waals surface area contributed by atoms with Crippen LogP contribution in [0.25, 0.3) is 0 Å². The number of rotatable bonds is 0. The van der Waals surface area contributed by atoms with Gasteiger partial charge in [-0.3, -0.25) is 91.1 Å². The van der Waals surface area contributed by atoms with Gasteiger partial charge in [-0.15, -0.1) is 0 Å². The molecule has 0 radical (unpaired) electrons. The van der Waals surface area contributed by atoms with Gasteiger partial charge in [-0.1, -0.05) is 0 Å². The first-order valence-electron chi connectivity index (χ1n) is 6.98. The van der Waals surface area contributed by atoms with Crippen LogP contribution in [0.5, 0.6) is 0 Å². The van der Waals surface area contributed by atoms with Crippen LogP contribution >= 0.6 is 0 Å². The smallest absolute Gasteiger partial charge is 1.00 e. The fourth-order valence-corrected chi connectivity index (χ4v) is 0. The third-order valence-electron chi connectivity index (χ3n) is 0. The molecule has 51 heavy (non-hydrogen) atoms. The van der Waals surface area contributed by atoms with Gasteiger partial charge < -0.3 is 2.85 Å². The second kappa shape index (κ2) is 32.9. The van der Waals surface area contributed by atoms with Crippen LogP contribution in [-0.2, 0) is 104 Å². The van der Waals surface area contributed by atoms with Crippen molar-refractivity contribution in [2.45, 2.75) is 0 Å². The molecule has 0 aromatic carbocycles. The van der Waals surface area contributed by atoms with Gasteiger partial charge in [0.15, 0.2) is 0 Å². The van der Waals surface area contributed by atoms with Crippen molar-refractivity contribution in [3.05, 3.63) is 0 Å². The zero-order valence-corrected chi connectivity index (χ0v) is 31.5. The van der Waals surface area contributed by atoms with Crippen molar-refractivity contribution in [3.63, 3.8) is 0 Å². The zero-order chi connectivity index (χ0) is 45.0. The van der Waals surface area contributed by atoms with Crippen LogP contribution < -0.4 is 0 Å². The molecule has 0 aliphatic heterocycles. The zero-order valence-electron chi connectivity index (χ0n) is 23.9. The van der Waals surface area contributed by atoms with Gasteiger partial charge in [0.25, 0.3) is 0 Å². The molecule has 0 unspecified atom stereocenters. The largest absolute Gasteiger partial charge is 2.00 e. The van der Waals surface area contributed by atoms with E-state index in [0.29, 0.717) is 0 Å². The maximum absolute atomic E-state index is 8.74. The van der Waals surface area contributed by atoms with E-state index in [0.717, 1.165) is 0 Å². The molecule has 0 saturated heterocycles. The van der Waals surface area contributed by atoms with E-state index in [9.17, 15) is 0 Å². The van der Waals surface area contributed by atoms with Crippen molar-refractivity contribution in [2.24, 2.45) is 0 Å². The molecule has 0 aromatic heterocycles. The summed E-state index contributed by atoms with van der Waals surface area (Å²) in [4.78, 5) is 0. The van der Waals surface area contributed by atoms with E-state index in [4.69, 9.17) is 175 Å². The fourth-order valence-electron chi connectivity index (χ4n) is 0. The molecule has 51 heteroatoms. The summed E-state index contributed by atoms with van der Waals surface area (Å²) in [5.41, 5.74) is 0. The Morgan fingerprint density at radius 2 is 0.157 bits per heavy atom. The van der Waals surface area contributed by atoms with E-state index in [1.165, 1.54) is 0 Å². The van der Waals surface area contributed by atoms with Gasteiger partial charge in [0, 0.05) is 0 Å². The van der Waals surface area contributed by atoms with Crippen molar-refractivity contribution >= 4 is 127 Å². The Kier molecular flexibility index (Phi) is 51.1. The summed E-state index contributed by atoms with van der Waals surface area (Å²) in [5, 5.41) is 0. The van der Waals surface area contributed by atoms with E-state index >= 15 is 0 Å². The standard InChI is InChI=1S/Mg.10H2O4S.2H/c;10*1-5(2,3)4;;/h;10*(H2,1,2,3,4);;/q+2;;;;;;;;;;;2*-1. The topological polar surface area (TPSA) is 746 Å². The molecule has 0 aliphatic rings. The van der Waals surface area contributed by atoms with Gasteiger partial charge in [0.05, 0.1) is 0 Å². The third-order valence-corrected chi connectivity index (χ3v) is 0. The number of hydrogen-bond donors (Lipinski definition) is 20. The molecule has 0 spiro atoms. The Morgan fingerprint density at radius 1 is 0.157 bits per heavy atom. The maximum Gasteiger partial charge on any atom is 2.00 e. The van der Waals surface area contributed by atoms with E-state index in [-0.39, 0.29) is 25.9 Å². The Morgan fingerprint density at radius 3 is 0.157 bits per heavy atom. The maximum atomic E-state index is 8.74. The van der Waals surface area contributed by atoms with Crippen molar-refractivity contribution in [1.82, 2.24) is 0 Å². The van der Waals surface area contributed by atoms with Crippen LogP contribution in [0.15, 0.2) is 0 Å². The van der Waals surface area contributed by atoms with Crippen LogP contribution in [0.4, 0.5) is 0 Å². The quantitative estimate of drug-likeness (QED) is 0.0792. The van der Waals surface area contributed by atoms with Crippen molar-refractivity contribution in [1.29, 1.82) is 0 Å². The minimum Gasteiger partial charge on any atom is -1.00 e. The molecule has 0 bridgehead atoms. The van der Waals surface area contributed by atoms with Crippen LogP contribution in [0.3, 0.4) is 0 Å². The second-order valence-corrected chi connectivity index (χ2v) is 13.4. The van der Waals surface area contributed by atoms with Gasteiger partial charge in [0.2, 0.25) is 0 Å². The van der Waals surface area contributed by atoms with Crippen LogP contribution in [0.2, 0.25) is 0 Å². The third kappa shape index (κ3) is 391000. The predicted molar refractivity (Wildman–Crippen MR) is 150 cm³/mol. The second-order valence-electron chi connectivity index (χ2n) is 4.48. The van der Waals surface area contributed by atoms with Crippen molar-refractivity contribution in [2.75, 3.05) is 0 Å². The van der Waals surface area contributed by atoms with Gasteiger partial charge in [-0.25, -0.2) is 0 Å². The summed E-state index contributed by atoms with van der Waals surface area (Å²) < 4.78 is 316. The SMILES string of the molecule is O=S(=O)(O)O.O=S(=O)(O)O.O=S(=O)(O)O.O=S(=O)(O)O.O=S(=O)(O)O.O=S(=O)(O)O.O=S(=O)(O)O.O=S(=O)(O)O.O=S(=O)(O)O.O=S(=O)(O)O.[H-].[H-].[Mg+2]. The van der Waals surface area contributed by atoms with E-state index in [2.05, 4.69) is 0 Å². The normalized spacial score (nSPS) is 11.4. The van der Waals surface area contributed by atoms with Crippen molar-refractivity contribution < 1.29 is 178 Å². The average Bonchev–Trinajstić information content (AvgIpc) is 2.34. The molecule has 20 N–H and O–H groups in total. The summed E-state index contributed by atoms with van der Waals surface area (Å²) in [6.07, 6.45) is 0. The molecule has 0 saturated carbocycles. The Hall–Kier alpha value is -0.534. The predicted octanol–water partition coefficient (Wildman–Crippen LogP) is -6.68. The number of hydrogen-bond acceptors (Lipinski definition) is 20. The molecule has 0 atom stereocenters. The van der Waals surface area contributed by atoms with Gasteiger partial charge >= 0.3 is 127 Å². The summed E-state index contributed by atoms with van der Waals surface area (Å²) >= 11 is 0. The summed E-state index contributed by atoms with van der Waals surface area (Å²) in [6.45, 7) is 0. The summed E-state index contributed by atoms with van der Waals surface area (Å²) in [7, 11) is -46.7. The fraction of sp³-hybridized carbons (Fsp3) is 0. The summed E-state index contributed by atoms with van der Waals surface area (Å²) in [6, 6.07) is 0. The minimum atomic E-state index is -4.67. The van der Waals surface area contributed by atoms with Gasteiger partial charge in [0.1, 0.15) is 0 Å². The van der Waals surface area contributed by atoms with Crippen LogP contribution in [-0.4, -0.2) is 198 Å². The molecular weight excluding hydrogens is 985 g/mol. The monoisotopic (exact) mass is 1010 g/mol. The summed E-state index contributed by atoms with van der Waals surface area (Å²) in [5.74, 6) is 0. The first-order chi connectivity index (χ1) is 20.0. The molecule has 0 heterocycles. The average molecular weight is 1010 g/mol. The Balaban J connectivity index is -0.0000000303. The molecule has 324 valence electrons. The molecule has 0 aromatic rings. The Labute approximate surface area is 303 Å². The van der Waals surface area contributed by atoms with Gasteiger partial charge in [-0.05, 0) is 0 Å². The molecular formula is H22MgO40S10. The Bertz CT molecular complexity index is 1390. The molecule has 0 aliphatic carbocycles. The minimum absolute atomic E-state index is 0. The van der Waals surface area contributed by atoms with Crippen LogP contribution in [0.1, 0.15) is 2.85 Å². The molecule has 0 fully saturated rings. The molecule has 40 nitrogen and oxygen atoms in total. The molecule has 0 rings (SSSR count). The van der Waals surface area contributed by atoms with E-state index in [1.807, 2.05) is 0 Å². The van der Waals surface area contributed by atoms with E-state index in [1.54, 1.807) is 0 Å². The first-order valence-corrected chi connectivity index (χ1v) is 21.0. The van der Waals surface area contributed by atoms with Crippen molar-refractivity contribution in [3.8, 4) is 0 Å². The van der Waals surface area contributed by atoms with E-state index < -0.39 is 104 Å². The van der Waals surface area contributed by atoms with Crippen LogP contribution in [0, 0.1) is 0 Å². The first kappa shape index (κ1) is 79.3. The van der Waals surface area contributed by atoms with Gasteiger partial charge in [-0.2, -0.15) is 84.2 Å². The molecule has 0 amide bonds.